The van der Waals surface area contributed by atoms with Crippen molar-refractivity contribution < 1.29 is 23.7 Å². The first-order valence-electron chi connectivity index (χ1n) is 8.30. The molecule has 1 unspecified atom stereocenters. The van der Waals surface area contributed by atoms with Gasteiger partial charge in [0, 0.05) is 17.0 Å². The van der Waals surface area contributed by atoms with Gasteiger partial charge in [-0.05, 0) is 29.3 Å². The zero-order valence-corrected chi connectivity index (χ0v) is 15.4. The van der Waals surface area contributed by atoms with Gasteiger partial charge in [0.15, 0.2) is 0 Å². The third-order valence-corrected chi connectivity index (χ3v) is 4.52. The third kappa shape index (κ3) is 3.40. The molecule has 1 aliphatic heterocycles. The Kier molecular flexibility index (Phi) is 4.68. The van der Waals surface area contributed by atoms with E-state index in [1.54, 1.807) is 14.2 Å². The predicted octanol–water partition coefficient (Wildman–Crippen LogP) is 3.93. The fourth-order valence-corrected chi connectivity index (χ4v) is 3.13. The number of methoxy groups -OCH3 is 2. The van der Waals surface area contributed by atoms with Crippen molar-refractivity contribution in [3.05, 3.63) is 42.0 Å². The van der Waals surface area contributed by atoms with Crippen LogP contribution in [0.2, 0.25) is 0 Å². The molecule has 1 atom stereocenters. The van der Waals surface area contributed by atoms with Crippen LogP contribution < -0.4 is 19.9 Å². The predicted molar refractivity (Wildman–Crippen MR) is 97.7 cm³/mol. The maximum absolute atomic E-state index is 11.3. The summed E-state index contributed by atoms with van der Waals surface area (Å²) in [6.07, 6.45) is -1.25. The van der Waals surface area contributed by atoms with E-state index in [0.29, 0.717) is 23.9 Å². The molecule has 6 nitrogen and oxygen atoms in total. The average molecular weight is 357 g/mol. The highest BCUT2D eigenvalue weighted by molar-refractivity contribution is 5.70. The van der Waals surface area contributed by atoms with Crippen molar-refractivity contribution in [2.45, 2.75) is 20.0 Å². The van der Waals surface area contributed by atoms with Gasteiger partial charge < -0.3 is 24.7 Å². The van der Waals surface area contributed by atoms with E-state index in [1.807, 2.05) is 50.2 Å². The molecule has 6 heteroatoms. The van der Waals surface area contributed by atoms with Crippen LogP contribution in [-0.2, 0) is 4.74 Å². The number of nitrogens with two attached hydrogens (primary N) is 1. The van der Waals surface area contributed by atoms with Crippen molar-refractivity contribution in [3.8, 4) is 28.4 Å². The molecule has 0 fully saturated rings. The van der Waals surface area contributed by atoms with Crippen molar-refractivity contribution in [3.63, 3.8) is 0 Å². The Labute approximate surface area is 152 Å². The summed E-state index contributed by atoms with van der Waals surface area (Å²) in [4.78, 5) is 11.3. The van der Waals surface area contributed by atoms with E-state index >= 15 is 0 Å². The van der Waals surface area contributed by atoms with Crippen molar-refractivity contribution in [2.24, 2.45) is 11.1 Å². The highest BCUT2D eigenvalue weighted by Gasteiger charge is 2.40. The molecule has 2 N–H and O–H groups in total. The number of fused-ring (bicyclic) bond motifs is 1. The second-order valence-corrected chi connectivity index (χ2v) is 6.95. The van der Waals surface area contributed by atoms with Gasteiger partial charge in [0.1, 0.15) is 23.4 Å². The minimum Gasteiger partial charge on any atom is -0.497 e. The standard InChI is InChI=1S/C20H23NO5/c1-20(2)11-25-17-9-12(5-6-16(17)18(20)26-19(21)22)13-7-14(23-3)10-15(8-13)24-4/h5-10,18H,11H2,1-4H3,(H2,21,22). The smallest absolute Gasteiger partial charge is 0.405 e. The molecule has 0 spiro atoms. The summed E-state index contributed by atoms with van der Waals surface area (Å²) >= 11 is 0. The molecule has 0 saturated carbocycles. The van der Waals surface area contributed by atoms with Gasteiger partial charge in [0.05, 0.1) is 20.8 Å². The van der Waals surface area contributed by atoms with Gasteiger partial charge in [-0.15, -0.1) is 0 Å². The fraction of sp³-hybridized carbons (Fsp3) is 0.350. The maximum atomic E-state index is 11.3. The summed E-state index contributed by atoms with van der Waals surface area (Å²) in [6.45, 7) is 4.37. The lowest BCUT2D eigenvalue weighted by Crippen LogP contribution is -2.37. The number of benzene rings is 2. The molecular weight excluding hydrogens is 334 g/mol. The second-order valence-electron chi connectivity index (χ2n) is 6.95. The van der Waals surface area contributed by atoms with Crippen molar-refractivity contribution >= 4 is 6.09 Å². The van der Waals surface area contributed by atoms with Crippen molar-refractivity contribution in [1.82, 2.24) is 0 Å². The summed E-state index contributed by atoms with van der Waals surface area (Å²) in [5.74, 6) is 2.08. The molecule has 2 aromatic carbocycles. The average Bonchev–Trinajstić information content (AvgIpc) is 2.63. The van der Waals surface area contributed by atoms with Crippen LogP contribution in [0.1, 0.15) is 25.5 Å². The Morgan fingerprint density at radius 1 is 1.08 bits per heavy atom. The Morgan fingerprint density at radius 2 is 1.73 bits per heavy atom. The first-order chi connectivity index (χ1) is 12.3. The maximum Gasteiger partial charge on any atom is 0.405 e. The van der Waals surface area contributed by atoms with Gasteiger partial charge in [-0.2, -0.15) is 0 Å². The van der Waals surface area contributed by atoms with Crippen LogP contribution in [-0.4, -0.2) is 26.9 Å². The lowest BCUT2D eigenvalue weighted by molar-refractivity contribution is -0.0176. The van der Waals surface area contributed by atoms with E-state index in [1.165, 1.54) is 0 Å². The van der Waals surface area contributed by atoms with Gasteiger partial charge in [-0.1, -0.05) is 26.0 Å². The molecule has 1 heterocycles. The largest absolute Gasteiger partial charge is 0.497 e. The van der Waals surface area contributed by atoms with Gasteiger partial charge in [0.25, 0.3) is 0 Å². The van der Waals surface area contributed by atoms with Crippen LogP contribution >= 0.6 is 0 Å². The zero-order chi connectivity index (χ0) is 18.9. The molecule has 0 bridgehead atoms. The van der Waals surface area contributed by atoms with Crippen LogP contribution in [0.15, 0.2) is 36.4 Å². The summed E-state index contributed by atoms with van der Waals surface area (Å²) in [7, 11) is 3.23. The molecule has 0 saturated heterocycles. The Hall–Kier alpha value is -2.89. The number of amides is 1. The lowest BCUT2D eigenvalue weighted by Gasteiger charge is -2.38. The minimum absolute atomic E-state index is 0.372. The van der Waals surface area contributed by atoms with Crippen LogP contribution in [0.5, 0.6) is 17.2 Å². The van der Waals surface area contributed by atoms with E-state index in [0.717, 1.165) is 16.7 Å². The molecule has 3 rings (SSSR count). The second kappa shape index (κ2) is 6.78. The van der Waals surface area contributed by atoms with Gasteiger partial charge in [-0.3, -0.25) is 0 Å². The first kappa shape index (κ1) is 17.9. The Bertz CT molecular complexity index is 809. The lowest BCUT2D eigenvalue weighted by atomic mass is 9.80. The zero-order valence-electron chi connectivity index (χ0n) is 15.4. The van der Waals surface area contributed by atoms with Gasteiger partial charge >= 0.3 is 6.09 Å². The third-order valence-electron chi connectivity index (χ3n) is 4.52. The first-order valence-corrected chi connectivity index (χ1v) is 8.30. The summed E-state index contributed by atoms with van der Waals surface area (Å²) < 4.78 is 22.0. The van der Waals surface area contributed by atoms with Crippen LogP contribution in [0, 0.1) is 5.41 Å². The highest BCUT2D eigenvalue weighted by Crippen LogP contribution is 2.46. The molecule has 0 aromatic heterocycles. The van der Waals surface area contributed by atoms with Gasteiger partial charge in [-0.25, -0.2) is 4.79 Å². The summed E-state index contributed by atoms with van der Waals surface area (Å²) in [5.41, 5.74) is 7.57. The SMILES string of the molecule is COc1cc(OC)cc(-c2ccc3c(c2)OCC(C)(C)C3OC(N)=O)c1. The molecule has 0 radical (unpaired) electrons. The molecule has 1 aliphatic rings. The number of hydrogen-bond acceptors (Lipinski definition) is 5. The molecule has 0 aliphatic carbocycles. The number of primary amides is 1. The monoisotopic (exact) mass is 357 g/mol. The molecular formula is C20H23NO5. The highest BCUT2D eigenvalue weighted by atomic mass is 16.6. The van der Waals surface area contributed by atoms with Gasteiger partial charge in [0.2, 0.25) is 0 Å². The van der Waals surface area contributed by atoms with Crippen LogP contribution in [0.4, 0.5) is 4.79 Å². The molecule has 1 amide bonds. The molecule has 138 valence electrons. The number of carbonyl (C=O) groups excluding carboxylic acids is 1. The van der Waals surface area contributed by atoms with Crippen LogP contribution in [0.25, 0.3) is 11.1 Å². The summed E-state index contributed by atoms with van der Waals surface area (Å²) in [6, 6.07) is 11.5. The quantitative estimate of drug-likeness (QED) is 0.897. The van der Waals surface area contributed by atoms with Crippen molar-refractivity contribution in [1.29, 1.82) is 0 Å². The Balaban J connectivity index is 2.03. The van der Waals surface area contributed by atoms with Crippen LogP contribution in [0.3, 0.4) is 0 Å². The number of hydrogen-bond donors (Lipinski definition) is 1. The van der Waals surface area contributed by atoms with E-state index in [2.05, 4.69) is 0 Å². The van der Waals surface area contributed by atoms with E-state index < -0.39 is 12.2 Å². The number of carbonyl (C=O) groups is 1. The Morgan fingerprint density at radius 3 is 2.31 bits per heavy atom. The normalized spacial score (nSPS) is 17.6. The van der Waals surface area contributed by atoms with E-state index in [4.69, 9.17) is 24.7 Å². The molecule has 2 aromatic rings. The van der Waals surface area contributed by atoms with E-state index in [9.17, 15) is 4.79 Å². The number of ether oxygens (including phenoxy) is 4. The van der Waals surface area contributed by atoms with Crippen molar-refractivity contribution in [2.75, 3.05) is 20.8 Å². The molecule has 26 heavy (non-hydrogen) atoms. The topological polar surface area (TPSA) is 80.0 Å². The minimum atomic E-state index is -0.794. The van der Waals surface area contributed by atoms with E-state index in [-0.39, 0.29) is 5.41 Å². The fourth-order valence-electron chi connectivity index (χ4n) is 3.13. The summed E-state index contributed by atoms with van der Waals surface area (Å²) in [5, 5.41) is 0. The number of rotatable bonds is 4.